The van der Waals surface area contributed by atoms with E-state index >= 15 is 0 Å². The summed E-state index contributed by atoms with van der Waals surface area (Å²) in [5.74, 6) is 0.486. The molecule has 0 saturated heterocycles. The van der Waals surface area contributed by atoms with Gasteiger partial charge in [-0.25, -0.2) is 4.98 Å². The molecular weight excluding hydrogens is 248 g/mol. The Morgan fingerprint density at radius 2 is 2.17 bits per heavy atom. The minimum absolute atomic E-state index is 0.162. The van der Waals surface area contributed by atoms with E-state index in [9.17, 15) is 4.79 Å². The third-order valence-corrected chi connectivity index (χ3v) is 3.36. The molecule has 0 unspecified atom stereocenters. The van der Waals surface area contributed by atoms with Gasteiger partial charge in [0.15, 0.2) is 0 Å². The lowest BCUT2D eigenvalue weighted by Crippen LogP contribution is -2.11. The van der Waals surface area contributed by atoms with E-state index in [0.717, 1.165) is 10.6 Å². The van der Waals surface area contributed by atoms with Crippen LogP contribution in [0.15, 0.2) is 24.4 Å². The molecule has 0 radical (unpaired) electrons. The highest BCUT2D eigenvalue weighted by Gasteiger charge is 2.12. The third kappa shape index (κ3) is 2.68. The van der Waals surface area contributed by atoms with Crippen molar-refractivity contribution in [1.29, 1.82) is 0 Å². The maximum atomic E-state index is 12.0. The number of methoxy groups -OCH3 is 1. The van der Waals surface area contributed by atoms with Crippen LogP contribution in [0.25, 0.3) is 0 Å². The molecule has 1 aromatic heterocycles. The normalized spacial score (nSPS) is 10.2. The summed E-state index contributed by atoms with van der Waals surface area (Å²) in [7, 11) is 1.58. The minimum Gasteiger partial charge on any atom is -0.495 e. The van der Waals surface area contributed by atoms with Crippen LogP contribution < -0.4 is 10.1 Å². The number of rotatable bonds is 3. The molecule has 0 fully saturated rings. The number of carbonyl (C=O) groups excluding carboxylic acids is 1. The number of nitrogens with zero attached hydrogens (tertiary/aromatic N) is 1. The molecule has 1 N–H and O–H groups in total. The fraction of sp³-hybridized carbons (Fsp3) is 0.231. The lowest BCUT2D eigenvalue weighted by molar-refractivity contribution is 0.103. The highest BCUT2D eigenvalue weighted by molar-refractivity contribution is 7.13. The number of aromatic nitrogens is 1. The van der Waals surface area contributed by atoms with Crippen molar-refractivity contribution in [3.05, 3.63) is 39.8 Å². The number of anilines is 1. The van der Waals surface area contributed by atoms with Crippen molar-refractivity contribution < 1.29 is 9.53 Å². The van der Waals surface area contributed by atoms with Crippen LogP contribution in [0.5, 0.6) is 5.75 Å². The van der Waals surface area contributed by atoms with Gasteiger partial charge in [-0.1, -0.05) is 6.07 Å². The van der Waals surface area contributed by atoms with Gasteiger partial charge in [0.05, 0.1) is 24.0 Å². The van der Waals surface area contributed by atoms with E-state index in [1.165, 1.54) is 11.3 Å². The number of thiazole rings is 1. The average molecular weight is 262 g/mol. The zero-order chi connectivity index (χ0) is 13.1. The number of aryl methyl sites for hydroxylation is 2. The van der Waals surface area contributed by atoms with Crippen molar-refractivity contribution in [3.8, 4) is 5.75 Å². The fourth-order valence-corrected chi connectivity index (χ4v) is 2.24. The molecule has 0 spiro atoms. The first-order valence-corrected chi connectivity index (χ1v) is 6.30. The van der Waals surface area contributed by atoms with Crippen LogP contribution in [0.1, 0.15) is 20.2 Å². The first-order valence-electron chi connectivity index (χ1n) is 5.48. The molecule has 0 aliphatic rings. The molecule has 0 bridgehead atoms. The van der Waals surface area contributed by atoms with Crippen molar-refractivity contribution in [3.63, 3.8) is 0 Å². The van der Waals surface area contributed by atoms with Crippen molar-refractivity contribution in [2.75, 3.05) is 12.4 Å². The fourth-order valence-electron chi connectivity index (χ4n) is 1.57. The van der Waals surface area contributed by atoms with Gasteiger partial charge in [0.1, 0.15) is 10.6 Å². The van der Waals surface area contributed by atoms with Gasteiger partial charge >= 0.3 is 0 Å². The molecule has 18 heavy (non-hydrogen) atoms. The maximum Gasteiger partial charge on any atom is 0.267 e. The summed E-state index contributed by atoms with van der Waals surface area (Å²) in [5.41, 5.74) is 1.74. The van der Waals surface area contributed by atoms with E-state index in [0.29, 0.717) is 16.3 Å². The monoisotopic (exact) mass is 262 g/mol. The number of carbonyl (C=O) groups is 1. The highest BCUT2D eigenvalue weighted by Crippen LogP contribution is 2.26. The summed E-state index contributed by atoms with van der Waals surface area (Å²) in [4.78, 5) is 16.7. The number of benzene rings is 1. The Balaban J connectivity index is 2.23. The van der Waals surface area contributed by atoms with Gasteiger partial charge < -0.3 is 10.1 Å². The van der Waals surface area contributed by atoms with E-state index in [4.69, 9.17) is 4.74 Å². The molecule has 2 aromatic rings. The van der Waals surface area contributed by atoms with E-state index in [1.807, 2.05) is 32.0 Å². The maximum absolute atomic E-state index is 12.0. The van der Waals surface area contributed by atoms with Crippen LogP contribution in [-0.4, -0.2) is 18.0 Å². The smallest absolute Gasteiger partial charge is 0.267 e. The molecule has 2 rings (SSSR count). The highest BCUT2D eigenvalue weighted by atomic mass is 32.1. The Labute approximate surface area is 110 Å². The Bertz CT molecular complexity index is 578. The summed E-state index contributed by atoms with van der Waals surface area (Å²) in [6, 6.07) is 5.65. The quantitative estimate of drug-likeness (QED) is 0.925. The zero-order valence-electron chi connectivity index (χ0n) is 10.5. The van der Waals surface area contributed by atoms with Crippen LogP contribution in [0.4, 0.5) is 5.69 Å². The van der Waals surface area contributed by atoms with E-state index in [2.05, 4.69) is 10.3 Å². The van der Waals surface area contributed by atoms with Gasteiger partial charge in [-0.2, -0.15) is 0 Å². The van der Waals surface area contributed by atoms with Gasteiger partial charge in [-0.15, -0.1) is 11.3 Å². The molecule has 5 heteroatoms. The van der Waals surface area contributed by atoms with Crippen LogP contribution in [0.2, 0.25) is 0 Å². The standard InChI is InChI=1S/C13H14N2O2S/c1-8-4-5-11(17-3)10(6-8)15-13(16)12-7-14-9(2)18-12/h4-7H,1-3H3,(H,15,16). The predicted octanol–water partition coefficient (Wildman–Crippen LogP) is 3.02. The summed E-state index contributed by atoms with van der Waals surface area (Å²) >= 11 is 1.37. The van der Waals surface area contributed by atoms with Crippen molar-refractivity contribution in [2.24, 2.45) is 0 Å². The van der Waals surface area contributed by atoms with Gasteiger partial charge in [0, 0.05) is 0 Å². The molecule has 0 aliphatic carbocycles. The second-order valence-corrected chi connectivity index (χ2v) is 5.14. The SMILES string of the molecule is COc1ccc(C)cc1NC(=O)c1cnc(C)s1. The number of ether oxygens (including phenoxy) is 1. The van der Waals surface area contributed by atoms with Crippen molar-refractivity contribution >= 4 is 22.9 Å². The molecule has 1 heterocycles. The lowest BCUT2D eigenvalue weighted by atomic mass is 10.2. The second-order valence-electron chi connectivity index (χ2n) is 3.90. The minimum atomic E-state index is -0.162. The number of hydrogen-bond acceptors (Lipinski definition) is 4. The van der Waals surface area contributed by atoms with Gasteiger partial charge in [-0.3, -0.25) is 4.79 Å². The number of amides is 1. The average Bonchev–Trinajstić information content (AvgIpc) is 2.76. The molecule has 94 valence electrons. The van der Waals surface area contributed by atoms with Crippen molar-refractivity contribution in [1.82, 2.24) is 4.98 Å². The summed E-state index contributed by atoms with van der Waals surface area (Å²) in [6.07, 6.45) is 1.58. The number of nitrogens with one attached hydrogen (secondary N) is 1. The van der Waals surface area contributed by atoms with Gasteiger partial charge in [-0.05, 0) is 31.5 Å². The largest absolute Gasteiger partial charge is 0.495 e. The lowest BCUT2D eigenvalue weighted by Gasteiger charge is -2.10. The molecule has 4 nitrogen and oxygen atoms in total. The van der Waals surface area contributed by atoms with Gasteiger partial charge in [0.25, 0.3) is 5.91 Å². The van der Waals surface area contributed by atoms with Crippen molar-refractivity contribution in [2.45, 2.75) is 13.8 Å². The van der Waals surface area contributed by atoms with Crippen LogP contribution in [-0.2, 0) is 0 Å². The molecule has 0 saturated carbocycles. The topological polar surface area (TPSA) is 51.2 Å². The van der Waals surface area contributed by atoms with Gasteiger partial charge in [0.2, 0.25) is 0 Å². The van der Waals surface area contributed by atoms with E-state index < -0.39 is 0 Å². The van der Waals surface area contributed by atoms with Crippen LogP contribution in [0.3, 0.4) is 0 Å². The summed E-state index contributed by atoms with van der Waals surface area (Å²) < 4.78 is 5.22. The molecule has 0 aliphatic heterocycles. The molecule has 1 aromatic carbocycles. The Kier molecular flexibility index (Phi) is 3.62. The first-order chi connectivity index (χ1) is 8.60. The summed E-state index contributed by atoms with van der Waals surface area (Å²) in [6.45, 7) is 3.83. The second kappa shape index (κ2) is 5.18. The van der Waals surface area contributed by atoms with Crippen LogP contribution in [0, 0.1) is 13.8 Å². The zero-order valence-corrected chi connectivity index (χ0v) is 11.3. The Hall–Kier alpha value is -1.88. The Morgan fingerprint density at radius 1 is 1.39 bits per heavy atom. The molecule has 1 amide bonds. The molecular formula is C13H14N2O2S. The Morgan fingerprint density at radius 3 is 2.78 bits per heavy atom. The summed E-state index contributed by atoms with van der Waals surface area (Å²) in [5, 5.41) is 3.71. The van der Waals surface area contributed by atoms with E-state index in [-0.39, 0.29) is 5.91 Å². The predicted molar refractivity (Wildman–Crippen MR) is 72.5 cm³/mol. The van der Waals surface area contributed by atoms with E-state index in [1.54, 1.807) is 13.3 Å². The molecule has 0 atom stereocenters. The third-order valence-electron chi connectivity index (χ3n) is 2.45. The number of hydrogen-bond donors (Lipinski definition) is 1. The first kappa shape index (κ1) is 12.6. The van der Waals surface area contributed by atoms with Crippen LogP contribution >= 0.6 is 11.3 Å².